The molecule has 0 amide bonds. The fraction of sp³-hybridized carbons (Fsp3) is 0.308. The summed E-state index contributed by atoms with van der Waals surface area (Å²) >= 11 is 5.29. The molecule has 0 saturated carbocycles. The van der Waals surface area contributed by atoms with Gasteiger partial charge in [-0.1, -0.05) is 42.1 Å². The van der Waals surface area contributed by atoms with Crippen molar-refractivity contribution in [3.8, 4) is 0 Å². The Bertz CT molecular complexity index is 463. The quantitative estimate of drug-likeness (QED) is 0.625. The number of halogens is 1. The zero-order valence-corrected chi connectivity index (χ0v) is 12.5. The minimum atomic E-state index is -0.189. The molecule has 1 aliphatic heterocycles. The maximum atomic E-state index is 11.8. The van der Waals surface area contributed by atoms with Crippen LogP contribution in [0.1, 0.15) is 12.5 Å². The van der Waals surface area contributed by atoms with Gasteiger partial charge in [-0.3, -0.25) is 0 Å². The lowest BCUT2D eigenvalue weighted by atomic mass is 10.2. The Morgan fingerprint density at radius 3 is 2.78 bits per heavy atom. The molecule has 0 saturated heterocycles. The molecule has 1 aromatic rings. The van der Waals surface area contributed by atoms with Crippen molar-refractivity contribution < 1.29 is 13.0 Å². The highest BCUT2D eigenvalue weighted by Gasteiger charge is 2.35. The van der Waals surface area contributed by atoms with Gasteiger partial charge in [0.15, 0.2) is 6.54 Å². The first-order valence-electron chi connectivity index (χ1n) is 5.65. The van der Waals surface area contributed by atoms with Crippen LogP contribution in [0.3, 0.4) is 0 Å². The molecule has 18 heavy (non-hydrogen) atoms. The van der Waals surface area contributed by atoms with Gasteiger partial charge in [-0.15, -0.1) is 0 Å². The van der Waals surface area contributed by atoms with Gasteiger partial charge in [-0.25, -0.2) is 8.30 Å². The minimum Gasteiger partial charge on any atom is -0.457 e. The highest BCUT2D eigenvalue weighted by atomic mass is 79.9. The number of allylic oxidation sites excluding steroid dienone is 1. The van der Waals surface area contributed by atoms with Crippen molar-refractivity contribution in [1.82, 2.24) is 0 Å². The van der Waals surface area contributed by atoms with Gasteiger partial charge in [0.25, 0.3) is 0 Å². The SMILES string of the molecule is CC1=CSC[N+]1(Br)CC(=O)OCc1ccccc1. The van der Waals surface area contributed by atoms with Crippen molar-refractivity contribution in [2.45, 2.75) is 13.5 Å². The number of nitrogens with zero attached hydrogens (tertiary/aromatic N) is 1. The Hall–Kier alpha value is -0.780. The molecule has 0 spiro atoms. The lowest BCUT2D eigenvalue weighted by Gasteiger charge is -2.23. The van der Waals surface area contributed by atoms with Crippen LogP contribution in [0.2, 0.25) is 0 Å². The van der Waals surface area contributed by atoms with Crippen LogP contribution in [0.15, 0.2) is 41.4 Å². The van der Waals surface area contributed by atoms with E-state index in [0.29, 0.717) is 16.7 Å². The standard InChI is InChI=1S/C13H15BrNO2S/c1-11-9-18-10-15(11,14)7-13(16)17-8-12-5-3-2-4-6-12/h2-6,9H,7-8,10H2,1H3/q+1. The number of hydrogen-bond acceptors (Lipinski definition) is 3. The van der Waals surface area contributed by atoms with Crippen LogP contribution in [0, 0.1) is 0 Å². The molecule has 0 radical (unpaired) electrons. The van der Waals surface area contributed by atoms with Gasteiger partial charge in [0.05, 0.1) is 0 Å². The Morgan fingerprint density at radius 2 is 2.17 bits per heavy atom. The summed E-state index contributed by atoms with van der Waals surface area (Å²) in [7, 11) is 0. The maximum Gasteiger partial charge on any atom is 0.363 e. The van der Waals surface area contributed by atoms with Crippen LogP contribution in [0.5, 0.6) is 0 Å². The van der Waals surface area contributed by atoms with Gasteiger partial charge >= 0.3 is 5.97 Å². The van der Waals surface area contributed by atoms with E-state index in [9.17, 15) is 4.79 Å². The molecule has 0 fully saturated rings. The van der Waals surface area contributed by atoms with Crippen molar-refractivity contribution in [2.24, 2.45) is 0 Å². The topological polar surface area (TPSA) is 26.3 Å². The third-order valence-electron chi connectivity index (χ3n) is 2.79. The molecule has 1 atom stereocenters. The summed E-state index contributed by atoms with van der Waals surface area (Å²) in [5.41, 5.74) is 2.15. The zero-order valence-electron chi connectivity index (χ0n) is 10.1. The molecular formula is C13H15BrNO2S+. The molecule has 1 aliphatic rings. The van der Waals surface area contributed by atoms with E-state index < -0.39 is 0 Å². The summed E-state index contributed by atoms with van der Waals surface area (Å²) in [6.07, 6.45) is 0. The second-order valence-corrected chi connectivity index (χ2v) is 6.41. The van der Waals surface area contributed by atoms with E-state index in [1.807, 2.05) is 37.3 Å². The van der Waals surface area contributed by atoms with E-state index in [2.05, 4.69) is 21.6 Å². The van der Waals surface area contributed by atoms with Crippen molar-refractivity contribution in [1.29, 1.82) is 0 Å². The molecule has 0 N–H and O–H groups in total. The first-order chi connectivity index (χ1) is 8.60. The molecule has 2 rings (SSSR count). The lowest BCUT2D eigenvalue weighted by Crippen LogP contribution is -2.38. The second kappa shape index (κ2) is 5.91. The highest BCUT2D eigenvalue weighted by molar-refractivity contribution is 9.05. The molecule has 0 bridgehead atoms. The number of quaternary nitrogens is 1. The largest absolute Gasteiger partial charge is 0.457 e. The summed E-state index contributed by atoms with van der Waals surface area (Å²) < 4.78 is 5.75. The number of ether oxygens (including phenoxy) is 1. The van der Waals surface area contributed by atoms with Crippen LogP contribution in [-0.2, 0) is 16.1 Å². The van der Waals surface area contributed by atoms with Crippen molar-refractivity contribution in [3.05, 3.63) is 47.0 Å². The third kappa shape index (κ3) is 3.37. The Morgan fingerprint density at radius 1 is 1.44 bits per heavy atom. The van der Waals surface area contributed by atoms with Crippen molar-refractivity contribution >= 4 is 33.9 Å². The first-order valence-corrected chi connectivity index (χ1v) is 7.41. The fourth-order valence-corrected chi connectivity index (χ4v) is 3.48. The van der Waals surface area contributed by atoms with Crippen LogP contribution in [0.25, 0.3) is 0 Å². The van der Waals surface area contributed by atoms with Crippen LogP contribution in [-0.4, -0.2) is 21.9 Å². The summed E-state index contributed by atoms with van der Waals surface area (Å²) in [6.45, 7) is 2.67. The van der Waals surface area contributed by atoms with E-state index in [0.717, 1.165) is 17.1 Å². The van der Waals surface area contributed by atoms with E-state index in [4.69, 9.17) is 4.74 Å². The molecule has 96 valence electrons. The van der Waals surface area contributed by atoms with Gasteiger partial charge in [0.1, 0.15) is 18.2 Å². The van der Waals surface area contributed by atoms with Crippen LogP contribution < -0.4 is 0 Å². The van der Waals surface area contributed by atoms with Crippen molar-refractivity contribution in [2.75, 3.05) is 12.4 Å². The number of thioether (sulfide) groups is 1. The maximum absolute atomic E-state index is 11.8. The van der Waals surface area contributed by atoms with Gasteiger partial charge in [0, 0.05) is 12.3 Å². The smallest absolute Gasteiger partial charge is 0.363 e. The fourth-order valence-electron chi connectivity index (χ4n) is 1.63. The highest BCUT2D eigenvalue weighted by Crippen LogP contribution is 2.35. The number of esters is 1. The summed E-state index contributed by atoms with van der Waals surface area (Å²) in [5, 5.41) is 2.07. The first kappa shape index (κ1) is 13.6. The van der Waals surface area contributed by atoms with E-state index >= 15 is 0 Å². The molecule has 0 aliphatic carbocycles. The number of rotatable bonds is 4. The van der Waals surface area contributed by atoms with Gasteiger partial charge in [-0.2, -0.15) is 0 Å². The third-order valence-corrected chi connectivity index (χ3v) is 5.28. The average molecular weight is 329 g/mol. The molecule has 5 heteroatoms. The van der Waals surface area contributed by atoms with Crippen LogP contribution >= 0.6 is 27.9 Å². The van der Waals surface area contributed by atoms with Crippen LogP contribution in [0.4, 0.5) is 0 Å². The summed E-state index contributed by atoms with van der Waals surface area (Å²) in [6, 6.07) is 9.71. The molecule has 1 heterocycles. The van der Waals surface area contributed by atoms with Gasteiger partial charge in [-0.05, 0) is 5.56 Å². The lowest BCUT2D eigenvalue weighted by molar-refractivity contribution is -0.712. The number of hydrogen-bond donors (Lipinski definition) is 0. The van der Waals surface area contributed by atoms with Gasteiger partial charge < -0.3 is 4.74 Å². The number of carbonyl (C=O) groups is 1. The molecule has 3 nitrogen and oxygen atoms in total. The Balaban J connectivity index is 1.85. The molecule has 1 unspecified atom stereocenters. The predicted molar refractivity (Wildman–Crippen MR) is 76.5 cm³/mol. The van der Waals surface area contributed by atoms with E-state index in [-0.39, 0.29) is 5.97 Å². The van der Waals surface area contributed by atoms with E-state index in [1.54, 1.807) is 11.8 Å². The van der Waals surface area contributed by atoms with Gasteiger partial charge in [0.2, 0.25) is 16.1 Å². The number of benzene rings is 1. The monoisotopic (exact) mass is 328 g/mol. The molecular weight excluding hydrogens is 314 g/mol. The molecule has 0 aromatic heterocycles. The Kier molecular flexibility index (Phi) is 4.48. The second-order valence-electron chi connectivity index (χ2n) is 4.22. The summed E-state index contributed by atoms with van der Waals surface area (Å²) in [4.78, 5) is 11.8. The zero-order chi connectivity index (χ0) is 13.0. The summed E-state index contributed by atoms with van der Waals surface area (Å²) in [5.74, 6) is 0.637. The molecule has 1 aromatic carbocycles. The Labute approximate surface area is 120 Å². The van der Waals surface area contributed by atoms with E-state index in [1.165, 1.54) is 0 Å². The normalized spacial score (nSPS) is 22.7. The average Bonchev–Trinajstić information content (AvgIpc) is 2.68. The predicted octanol–water partition coefficient (Wildman–Crippen LogP) is 3.42. The number of carbonyl (C=O) groups excluding carboxylic acids is 1. The van der Waals surface area contributed by atoms with Crippen molar-refractivity contribution in [3.63, 3.8) is 0 Å². The minimum absolute atomic E-state index is 0.189.